The Labute approximate surface area is 275 Å². The number of esters is 1. The minimum absolute atomic E-state index is 0. The number of ether oxygens (including phenoxy) is 3. The topological polar surface area (TPSA) is 133 Å². The summed E-state index contributed by atoms with van der Waals surface area (Å²) in [6.45, 7) is 5.88. The number of nitrogens with zero attached hydrogens (tertiary/aromatic N) is 2. The zero-order valence-corrected chi connectivity index (χ0v) is 27.6. The average molecular weight is 622 g/mol. The molecule has 4 rings (SSSR count). The number of rotatable bonds is 8. The summed E-state index contributed by atoms with van der Waals surface area (Å²) in [5, 5.41) is 0. The second-order valence-corrected chi connectivity index (χ2v) is 12.4. The zero-order chi connectivity index (χ0) is 30.3. The van der Waals surface area contributed by atoms with Crippen LogP contribution in [-0.2, 0) is 37.6 Å². The summed E-state index contributed by atoms with van der Waals surface area (Å²) >= 11 is 0. The van der Waals surface area contributed by atoms with E-state index in [1.54, 1.807) is 80.3 Å². The van der Waals surface area contributed by atoms with Crippen LogP contribution in [0.2, 0.25) is 0 Å². The van der Waals surface area contributed by atoms with Gasteiger partial charge in [-0.1, -0.05) is 60.7 Å². The number of amides is 2. The maximum atomic E-state index is 13.4. The molecule has 3 aromatic rings. The van der Waals surface area contributed by atoms with E-state index in [4.69, 9.17) is 14.2 Å². The van der Waals surface area contributed by atoms with Gasteiger partial charge in [0.1, 0.15) is 24.5 Å². The molecule has 13 heteroatoms. The Kier molecular flexibility index (Phi) is 11.9. The van der Waals surface area contributed by atoms with Gasteiger partial charge in [-0.05, 0) is 62.3 Å². The van der Waals surface area contributed by atoms with Crippen molar-refractivity contribution in [1.82, 2.24) is 13.6 Å². The zero-order valence-electron chi connectivity index (χ0n) is 25.8. The third-order valence-corrected chi connectivity index (χ3v) is 7.81. The minimum atomic E-state index is -4.58. The summed E-state index contributed by atoms with van der Waals surface area (Å²) in [5.41, 5.74) is 0.993. The van der Waals surface area contributed by atoms with Gasteiger partial charge in [0.2, 0.25) is 0 Å². The van der Waals surface area contributed by atoms with Crippen molar-refractivity contribution in [3.8, 4) is 0 Å². The number of piperidine rings is 1. The SMILES string of the molecule is CC(C)(C)OC(=O)N1CCC(c2ccn(S(=O)(=O)NC(=O)OCc3ccccc3)c2C(=O)OCc2ccccc2)CC1.[H-].[Na+]. The Balaban J connectivity index is 0.00000337. The van der Waals surface area contributed by atoms with E-state index in [9.17, 15) is 22.8 Å². The number of hydrogen-bond acceptors (Lipinski definition) is 8. The Hall–Kier alpha value is -3.32. The molecule has 0 atom stereocenters. The normalized spacial score (nSPS) is 13.9. The van der Waals surface area contributed by atoms with Gasteiger partial charge < -0.3 is 20.5 Å². The monoisotopic (exact) mass is 621 g/mol. The first-order valence-corrected chi connectivity index (χ1v) is 15.0. The molecule has 1 fully saturated rings. The van der Waals surface area contributed by atoms with Crippen LogP contribution in [0.25, 0.3) is 0 Å². The van der Waals surface area contributed by atoms with E-state index >= 15 is 0 Å². The summed E-state index contributed by atoms with van der Waals surface area (Å²) in [6.07, 6.45) is 0.524. The van der Waals surface area contributed by atoms with Crippen molar-refractivity contribution in [2.45, 2.75) is 58.3 Å². The third kappa shape index (κ3) is 9.59. The van der Waals surface area contributed by atoms with Gasteiger partial charge in [-0.15, -0.1) is 0 Å². The van der Waals surface area contributed by atoms with E-state index in [1.165, 1.54) is 12.3 Å². The first-order chi connectivity index (χ1) is 19.9. The smallest absolute Gasteiger partial charge is 1.00 e. The van der Waals surface area contributed by atoms with Gasteiger partial charge in [-0.25, -0.2) is 23.1 Å². The van der Waals surface area contributed by atoms with Gasteiger partial charge in [0, 0.05) is 19.3 Å². The second-order valence-electron chi connectivity index (χ2n) is 10.9. The van der Waals surface area contributed by atoms with Crippen molar-refractivity contribution < 1.29 is 68.0 Å². The minimum Gasteiger partial charge on any atom is -1.00 e. The van der Waals surface area contributed by atoms with Gasteiger partial charge in [-0.2, -0.15) is 8.42 Å². The third-order valence-electron chi connectivity index (χ3n) is 6.56. The second kappa shape index (κ2) is 14.9. The van der Waals surface area contributed by atoms with Gasteiger partial charge >= 0.3 is 57.9 Å². The van der Waals surface area contributed by atoms with Crippen LogP contribution in [-0.4, -0.2) is 54.1 Å². The molecule has 1 aliphatic rings. The molecule has 0 saturated carbocycles. The fraction of sp³-hybridized carbons (Fsp3) is 0.367. The number of aromatic nitrogens is 1. The van der Waals surface area contributed by atoms with Gasteiger partial charge in [0.15, 0.2) is 0 Å². The van der Waals surface area contributed by atoms with Crippen LogP contribution in [0.15, 0.2) is 72.9 Å². The number of carbonyl (C=O) groups is 3. The first-order valence-electron chi connectivity index (χ1n) is 13.6. The number of benzene rings is 2. The molecule has 11 nitrogen and oxygen atoms in total. The molecule has 1 aliphatic heterocycles. The van der Waals surface area contributed by atoms with Crippen molar-refractivity contribution in [2.24, 2.45) is 0 Å². The number of nitrogens with one attached hydrogen (secondary N) is 1. The van der Waals surface area contributed by atoms with E-state index in [1.807, 2.05) is 10.8 Å². The summed E-state index contributed by atoms with van der Waals surface area (Å²) in [7, 11) is -4.58. The summed E-state index contributed by atoms with van der Waals surface area (Å²) in [4.78, 5) is 39.9. The van der Waals surface area contributed by atoms with Crippen molar-refractivity contribution in [3.63, 3.8) is 0 Å². The van der Waals surface area contributed by atoms with Gasteiger partial charge in [0.25, 0.3) is 0 Å². The predicted octanol–water partition coefficient (Wildman–Crippen LogP) is 2.10. The fourth-order valence-electron chi connectivity index (χ4n) is 4.56. The summed E-state index contributed by atoms with van der Waals surface area (Å²) < 4.78 is 45.2. The van der Waals surface area contributed by atoms with Crippen molar-refractivity contribution in [2.75, 3.05) is 13.1 Å². The summed E-state index contributed by atoms with van der Waals surface area (Å²) in [6, 6.07) is 19.3. The van der Waals surface area contributed by atoms with E-state index < -0.39 is 34.0 Å². The molecular formula is C30H36N3NaO8S. The quantitative estimate of drug-likeness (QED) is 0.230. The van der Waals surface area contributed by atoms with Crippen LogP contribution in [0.3, 0.4) is 0 Å². The molecule has 1 saturated heterocycles. The van der Waals surface area contributed by atoms with Crippen LogP contribution >= 0.6 is 0 Å². The number of hydrogen-bond donors (Lipinski definition) is 1. The largest absolute Gasteiger partial charge is 1.00 e. The number of carbonyl (C=O) groups excluding carboxylic acids is 3. The molecule has 2 heterocycles. The Morgan fingerprint density at radius 2 is 1.42 bits per heavy atom. The molecule has 226 valence electrons. The molecule has 0 aliphatic carbocycles. The standard InChI is InChI=1S/C30H35N3O8S.Na.H/c1-30(2,3)41-29(36)32-17-14-24(15-18-32)25-16-19-33(26(25)27(34)39-20-22-10-6-4-7-11-22)42(37,38)31-28(35)40-21-23-12-8-5-9-13-23;;/h4-13,16,19,24H,14-15,17-18,20-21H2,1-3H3,(H,31,35);;/q;+1;-1. The molecule has 0 unspecified atom stereocenters. The molecule has 43 heavy (non-hydrogen) atoms. The molecule has 2 amide bonds. The van der Waals surface area contributed by atoms with E-state index in [0.717, 1.165) is 5.56 Å². The summed E-state index contributed by atoms with van der Waals surface area (Å²) in [5.74, 6) is -1.11. The molecule has 0 spiro atoms. The van der Waals surface area contributed by atoms with Crippen LogP contribution in [0, 0.1) is 0 Å². The van der Waals surface area contributed by atoms with E-state index in [-0.39, 0.29) is 55.8 Å². The van der Waals surface area contributed by atoms with Crippen LogP contribution in [0.5, 0.6) is 0 Å². The van der Waals surface area contributed by atoms with Crippen molar-refractivity contribution >= 4 is 28.4 Å². The Morgan fingerprint density at radius 1 is 0.884 bits per heavy atom. The van der Waals surface area contributed by atoms with Crippen LogP contribution in [0.4, 0.5) is 9.59 Å². The van der Waals surface area contributed by atoms with E-state index in [2.05, 4.69) is 0 Å². The Bertz CT molecular complexity index is 1500. The molecule has 0 bridgehead atoms. The van der Waals surface area contributed by atoms with Gasteiger partial charge in [0.05, 0.1) is 0 Å². The molecular weight excluding hydrogens is 585 g/mol. The number of likely N-dealkylation sites (tertiary alicyclic amines) is 1. The molecule has 1 N–H and O–H groups in total. The van der Waals surface area contributed by atoms with Crippen LogP contribution in [0.1, 0.15) is 68.1 Å². The molecule has 2 aromatic carbocycles. The first kappa shape index (κ1) is 34.2. The molecule has 0 radical (unpaired) electrons. The molecule has 1 aromatic heterocycles. The maximum Gasteiger partial charge on any atom is 1.00 e. The maximum absolute atomic E-state index is 13.4. The Morgan fingerprint density at radius 3 is 1.95 bits per heavy atom. The predicted molar refractivity (Wildman–Crippen MR) is 155 cm³/mol. The fourth-order valence-corrected chi connectivity index (χ4v) is 5.57. The van der Waals surface area contributed by atoms with Gasteiger partial charge in [-0.3, -0.25) is 0 Å². The average Bonchev–Trinajstić information content (AvgIpc) is 3.42. The van der Waals surface area contributed by atoms with Crippen LogP contribution < -0.4 is 34.3 Å². The van der Waals surface area contributed by atoms with E-state index in [0.29, 0.717) is 41.0 Å². The van der Waals surface area contributed by atoms with Crippen molar-refractivity contribution in [3.05, 3.63) is 95.3 Å². The van der Waals surface area contributed by atoms with Crippen molar-refractivity contribution in [1.29, 1.82) is 0 Å².